The Bertz CT molecular complexity index is 1330. The van der Waals surface area contributed by atoms with Crippen LogP contribution < -0.4 is 5.32 Å². The first-order valence-corrected chi connectivity index (χ1v) is 11.2. The summed E-state index contributed by atoms with van der Waals surface area (Å²) in [7, 11) is 2.15. The predicted octanol–water partition coefficient (Wildman–Crippen LogP) is 4.30. The Morgan fingerprint density at radius 2 is 1.94 bits per heavy atom. The molecular weight excluding hydrogens is 410 g/mol. The molecule has 1 saturated heterocycles. The van der Waals surface area contributed by atoms with Gasteiger partial charge in [0.15, 0.2) is 0 Å². The van der Waals surface area contributed by atoms with Crippen molar-refractivity contribution in [2.75, 3.05) is 38.5 Å². The quantitative estimate of drug-likeness (QED) is 0.484. The summed E-state index contributed by atoms with van der Waals surface area (Å²) in [4.78, 5) is 17.0. The van der Waals surface area contributed by atoms with E-state index in [0.29, 0.717) is 5.56 Å². The number of benzene rings is 1. The van der Waals surface area contributed by atoms with Crippen molar-refractivity contribution in [1.82, 2.24) is 24.8 Å². The largest absolute Gasteiger partial charge is 0.361 e. The van der Waals surface area contributed by atoms with Crippen LogP contribution in [-0.4, -0.2) is 58.0 Å². The number of anilines is 2. The lowest BCUT2D eigenvalue weighted by atomic mass is 10.0. The van der Waals surface area contributed by atoms with Crippen molar-refractivity contribution in [2.45, 2.75) is 13.5 Å². The Kier molecular flexibility index (Phi) is 5.78. The zero-order valence-corrected chi connectivity index (χ0v) is 19.0. The first-order valence-electron chi connectivity index (χ1n) is 11.2. The summed E-state index contributed by atoms with van der Waals surface area (Å²) in [5.74, 6) is 0. The fourth-order valence-electron chi connectivity index (χ4n) is 4.39. The predicted molar refractivity (Wildman–Crippen MR) is 131 cm³/mol. The van der Waals surface area contributed by atoms with Gasteiger partial charge in [0, 0.05) is 79.7 Å². The van der Waals surface area contributed by atoms with E-state index >= 15 is 0 Å². The highest BCUT2D eigenvalue weighted by Gasteiger charge is 2.17. The third-order valence-electron chi connectivity index (χ3n) is 6.47. The van der Waals surface area contributed by atoms with Crippen LogP contribution in [0.4, 0.5) is 11.4 Å². The van der Waals surface area contributed by atoms with E-state index in [4.69, 9.17) is 0 Å². The van der Waals surface area contributed by atoms with Crippen molar-refractivity contribution >= 4 is 22.3 Å². The van der Waals surface area contributed by atoms with Gasteiger partial charge in [0.05, 0.1) is 16.9 Å². The highest BCUT2D eigenvalue weighted by Crippen LogP contribution is 2.32. The van der Waals surface area contributed by atoms with Crippen molar-refractivity contribution in [1.29, 1.82) is 5.26 Å². The SMILES string of the molecule is Cc1c(Nc2ccncc2-c2cc(CN3CCN(C)CC3)c(C#N)cn2)ccc2[nH]ccc12. The van der Waals surface area contributed by atoms with Crippen molar-refractivity contribution in [3.63, 3.8) is 0 Å². The van der Waals surface area contributed by atoms with Gasteiger partial charge < -0.3 is 15.2 Å². The molecule has 0 saturated carbocycles. The molecule has 1 aliphatic heterocycles. The summed E-state index contributed by atoms with van der Waals surface area (Å²) < 4.78 is 0. The van der Waals surface area contributed by atoms with Gasteiger partial charge in [-0.05, 0) is 55.4 Å². The summed E-state index contributed by atoms with van der Waals surface area (Å²) in [5, 5.41) is 14.4. The standard InChI is InChI=1S/C26H27N7/c1-18-21-5-8-29-24(21)4-3-23(18)31-25-6-7-28-16-22(25)26-13-19(20(14-27)15-30-26)17-33-11-9-32(2)10-12-33/h3-8,13,15-16,29H,9-12,17H2,1-2H3,(H,28,31). The molecule has 0 aliphatic carbocycles. The topological polar surface area (TPSA) is 83.9 Å². The van der Waals surface area contributed by atoms with E-state index in [0.717, 1.165) is 66.4 Å². The van der Waals surface area contributed by atoms with Gasteiger partial charge in [0.1, 0.15) is 6.07 Å². The van der Waals surface area contributed by atoms with Crippen molar-refractivity contribution in [2.24, 2.45) is 0 Å². The number of piperazine rings is 1. The highest BCUT2D eigenvalue weighted by atomic mass is 15.2. The molecule has 0 atom stereocenters. The fraction of sp³-hybridized carbons (Fsp3) is 0.269. The molecule has 166 valence electrons. The van der Waals surface area contributed by atoms with Crippen LogP contribution in [0.3, 0.4) is 0 Å². The average Bonchev–Trinajstić information content (AvgIpc) is 3.32. The lowest BCUT2D eigenvalue weighted by Gasteiger charge is -2.32. The van der Waals surface area contributed by atoms with Gasteiger partial charge in [-0.15, -0.1) is 0 Å². The van der Waals surface area contributed by atoms with Crippen LogP contribution in [0.2, 0.25) is 0 Å². The Labute approximate surface area is 193 Å². The van der Waals surface area contributed by atoms with Gasteiger partial charge in [0.2, 0.25) is 0 Å². The van der Waals surface area contributed by atoms with E-state index in [9.17, 15) is 5.26 Å². The number of H-pyrrole nitrogens is 1. The number of aromatic nitrogens is 3. The molecule has 1 fully saturated rings. The molecule has 1 aliphatic rings. The molecule has 0 radical (unpaired) electrons. The molecular formula is C26H27N7. The van der Waals surface area contributed by atoms with E-state index in [2.05, 4.69) is 68.3 Å². The molecule has 2 N–H and O–H groups in total. The van der Waals surface area contributed by atoms with E-state index in [-0.39, 0.29) is 0 Å². The number of pyridine rings is 2. The second kappa shape index (κ2) is 9.02. The summed E-state index contributed by atoms with van der Waals surface area (Å²) in [6.07, 6.45) is 7.27. The normalized spacial score (nSPS) is 14.9. The van der Waals surface area contributed by atoms with E-state index in [1.54, 1.807) is 12.4 Å². The molecule has 0 unspecified atom stereocenters. The van der Waals surface area contributed by atoms with Crippen molar-refractivity contribution in [3.05, 3.63) is 71.8 Å². The van der Waals surface area contributed by atoms with E-state index in [1.165, 1.54) is 10.9 Å². The number of nitriles is 1. The Morgan fingerprint density at radius 1 is 1.09 bits per heavy atom. The minimum atomic E-state index is 0.629. The minimum Gasteiger partial charge on any atom is -0.361 e. The van der Waals surface area contributed by atoms with Crippen molar-refractivity contribution < 1.29 is 0 Å². The van der Waals surface area contributed by atoms with Gasteiger partial charge in [0.25, 0.3) is 0 Å². The molecule has 0 bridgehead atoms. The number of likely N-dealkylation sites (N-methyl/N-ethyl adjacent to an activating group) is 1. The molecule has 0 amide bonds. The van der Waals surface area contributed by atoms with E-state index < -0.39 is 0 Å². The van der Waals surface area contributed by atoms with Crippen LogP contribution >= 0.6 is 0 Å². The minimum absolute atomic E-state index is 0.629. The number of nitrogens with zero attached hydrogens (tertiary/aromatic N) is 5. The molecule has 1 aromatic carbocycles. The van der Waals surface area contributed by atoms with Crippen LogP contribution in [0, 0.1) is 18.3 Å². The summed E-state index contributed by atoms with van der Waals surface area (Å²) >= 11 is 0. The zero-order valence-electron chi connectivity index (χ0n) is 19.0. The van der Waals surface area contributed by atoms with Crippen molar-refractivity contribution in [3.8, 4) is 17.3 Å². The van der Waals surface area contributed by atoms with Crippen LogP contribution in [0.15, 0.2) is 55.1 Å². The van der Waals surface area contributed by atoms with Gasteiger partial charge in [-0.2, -0.15) is 5.26 Å². The maximum Gasteiger partial charge on any atom is 0.101 e. The first-order chi connectivity index (χ1) is 16.1. The number of hydrogen-bond donors (Lipinski definition) is 2. The number of hydrogen-bond acceptors (Lipinski definition) is 6. The maximum atomic E-state index is 9.66. The molecule has 5 rings (SSSR count). The Morgan fingerprint density at radius 3 is 2.76 bits per heavy atom. The monoisotopic (exact) mass is 437 g/mol. The lowest BCUT2D eigenvalue weighted by molar-refractivity contribution is 0.148. The molecule has 4 heterocycles. The molecule has 7 heteroatoms. The van der Waals surface area contributed by atoms with Gasteiger partial charge in [-0.25, -0.2) is 0 Å². The Balaban J connectivity index is 1.47. The highest BCUT2D eigenvalue weighted by molar-refractivity contribution is 5.90. The van der Waals surface area contributed by atoms with Gasteiger partial charge in [-0.1, -0.05) is 0 Å². The lowest BCUT2D eigenvalue weighted by Crippen LogP contribution is -2.44. The Hall–Kier alpha value is -3.73. The van der Waals surface area contributed by atoms with Gasteiger partial charge >= 0.3 is 0 Å². The van der Waals surface area contributed by atoms with Crippen LogP contribution in [0.25, 0.3) is 22.2 Å². The van der Waals surface area contributed by atoms with Crippen LogP contribution in [-0.2, 0) is 6.54 Å². The van der Waals surface area contributed by atoms with E-state index in [1.807, 2.05) is 24.5 Å². The maximum absolute atomic E-state index is 9.66. The fourth-order valence-corrected chi connectivity index (χ4v) is 4.39. The second-order valence-electron chi connectivity index (χ2n) is 8.64. The molecule has 7 nitrogen and oxygen atoms in total. The summed E-state index contributed by atoms with van der Waals surface area (Å²) in [6, 6.07) is 12.6. The second-order valence-corrected chi connectivity index (χ2v) is 8.64. The summed E-state index contributed by atoms with van der Waals surface area (Å²) in [5.41, 5.74) is 7.64. The van der Waals surface area contributed by atoms with Crippen LogP contribution in [0.5, 0.6) is 0 Å². The zero-order chi connectivity index (χ0) is 22.8. The average molecular weight is 438 g/mol. The number of aryl methyl sites for hydroxylation is 1. The number of nitrogens with one attached hydrogen (secondary N) is 2. The van der Waals surface area contributed by atoms with Gasteiger partial charge in [-0.3, -0.25) is 14.9 Å². The third kappa shape index (κ3) is 4.31. The molecule has 0 spiro atoms. The third-order valence-corrected chi connectivity index (χ3v) is 6.47. The smallest absolute Gasteiger partial charge is 0.101 e. The number of rotatable bonds is 5. The number of fused-ring (bicyclic) bond motifs is 1. The van der Waals surface area contributed by atoms with Crippen LogP contribution in [0.1, 0.15) is 16.7 Å². The molecule has 4 aromatic rings. The number of aromatic amines is 1. The summed E-state index contributed by atoms with van der Waals surface area (Å²) in [6.45, 7) is 6.95. The first kappa shape index (κ1) is 21.1. The molecule has 33 heavy (non-hydrogen) atoms. The molecule has 3 aromatic heterocycles.